The van der Waals surface area contributed by atoms with Crippen LogP contribution in [-0.4, -0.2) is 23.9 Å². The molecular formula is C25H24Cl2N2OS. The van der Waals surface area contributed by atoms with E-state index in [9.17, 15) is 4.79 Å². The minimum absolute atomic E-state index is 0.0201. The maximum atomic E-state index is 13.0. The Balaban J connectivity index is 1.33. The van der Waals surface area contributed by atoms with Crippen LogP contribution in [0.25, 0.3) is 0 Å². The summed E-state index contributed by atoms with van der Waals surface area (Å²) in [6.45, 7) is 2.52. The number of halogens is 2. The van der Waals surface area contributed by atoms with E-state index in [2.05, 4.69) is 22.3 Å². The van der Waals surface area contributed by atoms with Crippen molar-refractivity contribution < 1.29 is 4.79 Å². The van der Waals surface area contributed by atoms with E-state index < -0.39 is 0 Å². The zero-order valence-corrected chi connectivity index (χ0v) is 19.4. The van der Waals surface area contributed by atoms with E-state index in [4.69, 9.17) is 23.2 Å². The van der Waals surface area contributed by atoms with Crippen LogP contribution in [0.2, 0.25) is 10.0 Å². The first-order chi connectivity index (χ1) is 15.1. The normalized spacial score (nSPS) is 15.0. The molecule has 0 aromatic heterocycles. The second kappa shape index (κ2) is 10.6. The molecule has 1 saturated heterocycles. The maximum Gasteiger partial charge on any atom is 0.227 e. The number of para-hydroxylation sites is 1. The first-order valence-electron chi connectivity index (χ1n) is 10.4. The molecule has 0 spiro atoms. The van der Waals surface area contributed by atoms with Crippen LogP contribution in [0.4, 0.5) is 5.69 Å². The van der Waals surface area contributed by atoms with Crippen molar-refractivity contribution in [3.8, 4) is 0 Å². The molecule has 3 aromatic rings. The van der Waals surface area contributed by atoms with E-state index in [1.807, 2.05) is 54.6 Å². The fraction of sp³-hybridized carbons (Fsp3) is 0.240. The predicted molar refractivity (Wildman–Crippen MR) is 130 cm³/mol. The summed E-state index contributed by atoms with van der Waals surface area (Å²) >= 11 is 14.0. The number of benzene rings is 3. The molecular weight excluding hydrogens is 447 g/mol. The number of carbonyl (C=O) groups excluding carboxylic acids is 1. The van der Waals surface area contributed by atoms with Crippen molar-refractivity contribution in [1.29, 1.82) is 0 Å². The quantitative estimate of drug-likeness (QED) is 0.420. The number of anilines is 1. The average Bonchev–Trinajstić information content (AvgIpc) is 2.78. The van der Waals surface area contributed by atoms with E-state index in [0.29, 0.717) is 10.0 Å². The molecule has 0 bridgehead atoms. The summed E-state index contributed by atoms with van der Waals surface area (Å²) in [7, 11) is 0. The van der Waals surface area contributed by atoms with Crippen molar-refractivity contribution in [3.05, 3.63) is 88.4 Å². The van der Waals surface area contributed by atoms with Gasteiger partial charge in [-0.3, -0.25) is 9.69 Å². The summed E-state index contributed by atoms with van der Waals surface area (Å²) in [6.07, 6.45) is 1.68. The summed E-state index contributed by atoms with van der Waals surface area (Å²) in [5.41, 5.74) is 1.94. The fourth-order valence-electron chi connectivity index (χ4n) is 3.75. The molecule has 0 aliphatic carbocycles. The molecule has 160 valence electrons. The molecule has 0 radical (unpaired) electrons. The van der Waals surface area contributed by atoms with Crippen molar-refractivity contribution in [2.45, 2.75) is 29.2 Å². The van der Waals surface area contributed by atoms with Crippen LogP contribution in [0.15, 0.2) is 82.6 Å². The monoisotopic (exact) mass is 470 g/mol. The third kappa shape index (κ3) is 6.05. The zero-order valence-electron chi connectivity index (χ0n) is 17.1. The van der Waals surface area contributed by atoms with Crippen LogP contribution in [0.3, 0.4) is 0 Å². The van der Waals surface area contributed by atoms with Crippen molar-refractivity contribution in [3.63, 3.8) is 0 Å². The second-order valence-corrected chi connectivity index (χ2v) is 9.65. The molecule has 3 aromatic carbocycles. The van der Waals surface area contributed by atoms with Gasteiger partial charge >= 0.3 is 0 Å². The van der Waals surface area contributed by atoms with Gasteiger partial charge in [-0.15, -0.1) is 0 Å². The van der Waals surface area contributed by atoms with Gasteiger partial charge in [-0.05, 0) is 67.9 Å². The SMILES string of the molecule is O=C(Nc1ccccc1Sc1ccccc1)C1CCN(Cc2ccc(Cl)cc2Cl)CC1. The minimum atomic E-state index is 0.0201. The van der Waals surface area contributed by atoms with Gasteiger partial charge in [-0.1, -0.05) is 71.4 Å². The smallest absolute Gasteiger partial charge is 0.227 e. The number of amides is 1. The van der Waals surface area contributed by atoms with Gasteiger partial charge in [0, 0.05) is 32.3 Å². The number of hydrogen-bond acceptors (Lipinski definition) is 3. The van der Waals surface area contributed by atoms with Gasteiger partial charge in [-0.2, -0.15) is 0 Å². The lowest BCUT2D eigenvalue weighted by Gasteiger charge is -2.31. The molecule has 1 aliphatic rings. The van der Waals surface area contributed by atoms with Gasteiger partial charge < -0.3 is 5.32 Å². The number of carbonyl (C=O) groups is 1. The lowest BCUT2D eigenvalue weighted by Crippen LogP contribution is -2.37. The Labute approximate surface area is 197 Å². The van der Waals surface area contributed by atoms with Gasteiger partial charge in [0.1, 0.15) is 0 Å². The standard InChI is InChI=1S/C25H24Cl2N2OS/c26-20-11-10-19(22(27)16-20)17-29-14-12-18(13-15-29)25(30)28-23-8-4-5-9-24(23)31-21-6-2-1-3-7-21/h1-11,16,18H,12-15,17H2,(H,28,30). The van der Waals surface area contributed by atoms with Gasteiger partial charge in [0.2, 0.25) is 5.91 Å². The number of rotatable bonds is 6. The highest BCUT2D eigenvalue weighted by Gasteiger charge is 2.26. The number of nitrogens with zero attached hydrogens (tertiary/aromatic N) is 1. The minimum Gasteiger partial charge on any atom is -0.325 e. The molecule has 0 unspecified atom stereocenters. The first kappa shape index (κ1) is 22.2. The number of nitrogens with one attached hydrogen (secondary N) is 1. The molecule has 1 N–H and O–H groups in total. The molecule has 0 atom stereocenters. The van der Waals surface area contributed by atoms with Crippen molar-refractivity contribution in [2.24, 2.45) is 5.92 Å². The Morgan fingerprint density at radius 1 is 0.968 bits per heavy atom. The lowest BCUT2D eigenvalue weighted by molar-refractivity contribution is -0.121. The Bertz CT molecular complexity index is 1040. The zero-order chi connectivity index (χ0) is 21.6. The third-order valence-electron chi connectivity index (χ3n) is 5.48. The van der Waals surface area contributed by atoms with Crippen molar-refractivity contribution >= 4 is 46.6 Å². The summed E-state index contributed by atoms with van der Waals surface area (Å²) < 4.78 is 0. The van der Waals surface area contributed by atoms with Crippen molar-refractivity contribution in [1.82, 2.24) is 4.90 Å². The largest absolute Gasteiger partial charge is 0.325 e. The highest BCUT2D eigenvalue weighted by molar-refractivity contribution is 7.99. The maximum absolute atomic E-state index is 13.0. The lowest BCUT2D eigenvalue weighted by atomic mass is 9.95. The summed E-state index contributed by atoms with van der Waals surface area (Å²) in [5, 5.41) is 4.51. The van der Waals surface area contributed by atoms with E-state index >= 15 is 0 Å². The van der Waals surface area contributed by atoms with E-state index in [0.717, 1.165) is 53.5 Å². The van der Waals surface area contributed by atoms with Crippen LogP contribution >= 0.6 is 35.0 Å². The van der Waals surface area contributed by atoms with Crippen LogP contribution in [-0.2, 0) is 11.3 Å². The van der Waals surface area contributed by atoms with Gasteiger partial charge in [0.05, 0.1) is 5.69 Å². The summed E-state index contributed by atoms with van der Waals surface area (Å²) in [6, 6.07) is 23.8. The highest BCUT2D eigenvalue weighted by Crippen LogP contribution is 2.34. The first-order valence-corrected chi connectivity index (χ1v) is 11.9. The molecule has 4 rings (SSSR count). The molecule has 0 saturated carbocycles. The molecule has 3 nitrogen and oxygen atoms in total. The average molecular weight is 471 g/mol. The van der Waals surface area contributed by atoms with E-state index in [1.165, 1.54) is 0 Å². The Morgan fingerprint density at radius 2 is 1.68 bits per heavy atom. The second-order valence-electron chi connectivity index (χ2n) is 7.69. The van der Waals surface area contributed by atoms with E-state index in [1.54, 1.807) is 17.8 Å². The molecule has 31 heavy (non-hydrogen) atoms. The molecule has 1 aliphatic heterocycles. The molecule has 1 heterocycles. The fourth-order valence-corrected chi connectivity index (χ4v) is 5.14. The molecule has 6 heteroatoms. The number of hydrogen-bond donors (Lipinski definition) is 1. The Morgan fingerprint density at radius 3 is 2.42 bits per heavy atom. The van der Waals surface area contributed by atoms with E-state index in [-0.39, 0.29) is 11.8 Å². The number of piperidine rings is 1. The van der Waals surface area contributed by atoms with Crippen LogP contribution < -0.4 is 5.32 Å². The topological polar surface area (TPSA) is 32.3 Å². The summed E-state index contributed by atoms with van der Waals surface area (Å²) in [5.74, 6) is 0.122. The summed E-state index contributed by atoms with van der Waals surface area (Å²) in [4.78, 5) is 17.5. The highest BCUT2D eigenvalue weighted by atomic mass is 35.5. The van der Waals surface area contributed by atoms with Crippen LogP contribution in [0.5, 0.6) is 0 Å². The Hall–Kier alpha value is -1.98. The van der Waals surface area contributed by atoms with Gasteiger partial charge in [0.25, 0.3) is 0 Å². The Kier molecular flexibility index (Phi) is 7.57. The van der Waals surface area contributed by atoms with Crippen LogP contribution in [0.1, 0.15) is 18.4 Å². The predicted octanol–water partition coefficient (Wildman–Crippen LogP) is 7.00. The van der Waals surface area contributed by atoms with Gasteiger partial charge in [0.15, 0.2) is 0 Å². The number of likely N-dealkylation sites (tertiary alicyclic amines) is 1. The van der Waals surface area contributed by atoms with Crippen LogP contribution in [0, 0.1) is 5.92 Å². The van der Waals surface area contributed by atoms with Crippen molar-refractivity contribution in [2.75, 3.05) is 18.4 Å². The third-order valence-corrected chi connectivity index (χ3v) is 7.15. The molecule has 1 amide bonds. The molecule has 1 fully saturated rings. The van der Waals surface area contributed by atoms with Gasteiger partial charge in [-0.25, -0.2) is 0 Å².